The van der Waals surface area contributed by atoms with Crippen LogP contribution in [-0.2, 0) is 0 Å². The number of anilines is 1. The summed E-state index contributed by atoms with van der Waals surface area (Å²) in [6.07, 6.45) is 0.936. The molecule has 1 aliphatic rings. The largest absolute Gasteiger partial charge is 0.360 e. The van der Waals surface area contributed by atoms with E-state index in [9.17, 15) is 4.79 Å². The third kappa shape index (κ3) is 3.85. The van der Waals surface area contributed by atoms with E-state index >= 15 is 0 Å². The summed E-state index contributed by atoms with van der Waals surface area (Å²) in [4.78, 5) is 15.1. The molecular formula is C25H27N2O+. The first-order chi connectivity index (χ1) is 13.8. The zero-order valence-corrected chi connectivity index (χ0v) is 16.3. The maximum Gasteiger partial charge on any atom is 0.150 e. The van der Waals surface area contributed by atoms with Crippen LogP contribution in [0.25, 0.3) is 0 Å². The van der Waals surface area contributed by atoms with Gasteiger partial charge in [0, 0.05) is 22.4 Å². The van der Waals surface area contributed by atoms with Crippen LogP contribution >= 0.6 is 0 Å². The van der Waals surface area contributed by atoms with Crippen molar-refractivity contribution in [3.63, 3.8) is 0 Å². The summed E-state index contributed by atoms with van der Waals surface area (Å²) in [5, 5.41) is 0. The molecule has 0 amide bonds. The first-order valence-electron chi connectivity index (χ1n) is 10.0. The van der Waals surface area contributed by atoms with Crippen molar-refractivity contribution >= 4 is 12.0 Å². The molecule has 0 aliphatic carbocycles. The van der Waals surface area contributed by atoms with E-state index in [-0.39, 0.29) is 0 Å². The zero-order valence-electron chi connectivity index (χ0n) is 16.3. The fourth-order valence-electron chi connectivity index (χ4n) is 4.28. The smallest absolute Gasteiger partial charge is 0.150 e. The number of carbonyl (C=O) groups is 1. The van der Waals surface area contributed by atoms with Crippen LogP contribution in [0, 0.1) is 6.92 Å². The van der Waals surface area contributed by atoms with Crippen molar-refractivity contribution in [2.24, 2.45) is 0 Å². The van der Waals surface area contributed by atoms with E-state index in [1.807, 2.05) is 13.0 Å². The first kappa shape index (κ1) is 18.5. The van der Waals surface area contributed by atoms with Crippen LogP contribution in [-0.4, -0.2) is 32.5 Å². The van der Waals surface area contributed by atoms with Gasteiger partial charge in [0.25, 0.3) is 0 Å². The summed E-state index contributed by atoms with van der Waals surface area (Å²) in [6.45, 7) is 6.22. The minimum absolute atomic E-state index is 0.365. The molecule has 0 radical (unpaired) electrons. The number of nitrogens with one attached hydrogen (secondary N) is 1. The number of rotatable bonds is 5. The third-order valence-electron chi connectivity index (χ3n) is 5.83. The number of hydrogen-bond acceptors (Lipinski definition) is 2. The van der Waals surface area contributed by atoms with Gasteiger partial charge in [0.2, 0.25) is 0 Å². The number of aldehydes is 1. The lowest BCUT2D eigenvalue weighted by Crippen LogP contribution is -3.15. The van der Waals surface area contributed by atoms with Crippen LogP contribution in [0.4, 0.5) is 5.69 Å². The maximum absolute atomic E-state index is 11.1. The summed E-state index contributed by atoms with van der Waals surface area (Å²) in [7, 11) is 0. The van der Waals surface area contributed by atoms with Crippen molar-refractivity contribution in [1.29, 1.82) is 0 Å². The molecule has 3 aromatic carbocycles. The van der Waals surface area contributed by atoms with Crippen LogP contribution in [0.2, 0.25) is 0 Å². The van der Waals surface area contributed by atoms with E-state index in [0.29, 0.717) is 6.04 Å². The highest BCUT2D eigenvalue weighted by Gasteiger charge is 2.30. The topological polar surface area (TPSA) is 24.8 Å². The number of hydrogen-bond donors (Lipinski definition) is 1. The quantitative estimate of drug-likeness (QED) is 0.696. The van der Waals surface area contributed by atoms with E-state index in [0.717, 1.165) is 43.6 Å². The molecule has 0 aromatic heterocycles. The fraction of sp³-hybridized carbons (Fsp3) is 0.240. The standard InChI is InChI=1S/C25H26N2O/c1-20-18-24(13-12-23(20)19-28)26-14-16-27(17-15-26)25(21-8-4-2-5-9-21)22-10-6-3-7-11-22/h2-13,18-19,25H,14-17H2,1H3/p+1. The SMILES string of the molecule is Cc1cc(N2CC[NH+](C(c3ccccc3)c3ccccc3)CC2)ccc1C=O. The van der Waals surface area contributed by atoms with Crippen LogP contribution in [0.1, 0.15) is 33.1 Å². The monoisotopic (exact) mass is 371 g/mol. The maximum atomic E-state index is 11.1. The minimum Gasteiger partial charge on any atom is -0.360 e. The summed E-state index contributed by atoms with van der Waals surface area (Å²) in [6, 6.07) is 28.2. The van der Waals surface area contributed by atoms with E-state index in [1.165, 1.54) is 16.8 Å². The average Bonchev–Trinajstić information content (AvgIpc) is 2.76. The second kappa shape index (κ2) is 8.41. The van der Waals surface area contributed by atoms with Gasteiger partial charge in [0.05, 0.1) is 26.2 Å². The molecule has 3 nitrogen and oxygen atoms in total. The Morgan fingerprint density at radius 2 is 1.43 bits per heavy atom. The number of nitrogens with zero attached hydrogens (tertiary/aromatic N) is 1. The number of piperazine rings is 1. The summed E-state index contributed by atoms with van der Waals surface area (Å²) in [5.74, 6) is 0. The Bertz CT molecular complexity index is 876. The third-order valence-corrected chi connectivity index (χ3v) is 5.83. The highest BCUT2D eigenvalue weighted by atomic mass is 16.1. The van der Waals surface area contributed by atoms with Crippen LogP contribution in [0.15, 0.2) is 78.9 Å². The highest BCUT2D eigenvalue weighted by Crippen LogP contribution is 2.21. The highest BCUT2D eigenvalue weighted by molar-refractivity contribution is 5.78. The summed E-state index contributed by atoms with van der Waals surface area (Å²) < 4.78 is 0. The van der Waals surface area contributed by atoms with E-state index < -0.39 is 0 Å². The Labute approximate surface area is 167 Å². The van der Waals surface area contributed by atoms with E-state index in [4.69, 9.17) is 0 Å². The van der Waals surface area contributed by atoms with Crippen molar-refractivity contribution in [1.82, 2.24) is 0 Å². The lowest BCUT2D eigenvalue weighted by atomic mass is 9.96. The fourth-order valence-corrected chi connectivity index (χ4v) is 4.28. The predicted octanol–water partition coefficient (Wildman–Crippen LogP) is 3.30. The van der Waals surface area contributed by atoms with Gasteiger partial charge in [-0.15, -0.1) is 0 Å². The van der Waals surface area contributed by atoms with Gasteiger partial charge < -0.3 is 9.80 Å². The van der Waals surface area contributed by atoms with Gasteiger partial charge in [-0.3, -0.25) is 4.79 Å². The second-order valence-electron chi connectivity index (χ2n) is 7.56. The van der Waals surface area contributed by atoms with Crippen LogP contribution in [0.5, 0.6) is 0 Å². The minimum atomic E-state index is 0.365. The van der Waals surface area contributed by atoms with E-state index in [2.05, 4.69) is 77.7 Å². The summed E-state index contributed by atoms with van der Waals surface area (Å²) in [5.41, 5.74) is 5.81. The van der Waals surface area contributed by atoms with Crippen molar-refractivity contribution in [2.75, 3.05) is 31.1 Å². The summed E-state index contributed by atoms with van der Waals surface area (Å²) >= 11 is 0. The molecule has 4 rings (SSSR count). The molecule has 142 valence electrons. The van der Waals surface area contributed by atoms with Crippen LogP contribution < -0.4 is 9.80 Å². The van der Waals surface area contributed by atoms with Gasteiger partial charge in [0.1, 0.15) is 12.3 Å². The van der Waals surface area contributed by atoms with Crippen molar-refractivity contribution in [2.45, 2.75) is 13.0 Å². The van der Waals surface area contributed by atoms with Gasteiger partial charge in [-0.1, -0.05) is 60.7 Å². The molecule has 3 heteroatoms. The molecule has 3 aromatic rings. The molecule has 0 atom stereocenters. The van der Waals surface area contributed by atoms with Gasteiger partial charge in [-0.2, -0.15) is 0 Å². The molecular weight excluding hydrogens is 344 g/mol. The molecule has 0 unspecified atom stereocenters. The molecule has 1 N–H and O–H groups in total. The molecule has 1 heterocycles. The number of aryl methyl sites for hydroxylation is 1. The average molecular weight is 372 g/mol. The molecule has 0 saturated carbocycles. The predicted molar refractivity (Wildman–Crippen MR) is 114 cm³/mol. The van der Waals surface area contributed by atoms with Gasteiger partial charge >= 0.3 is 0 Å². The molecule has 1 fully saturated rings. The molecule has 1 aliphatic heterocycles. The van der Waals surface area contributed by atoms with E-state index in [1.54, 1.807) is 4.90 Å². The molecule has 0 bridgehead atoms. The Kier molecular flexibility index (Phi) is 5.54. The Morgan fingerprint density at radius 3 is 1.93 bits per heavy atom. The molecule has 0 spiro atoms. The van der Waals surface area contributed by atoms with Gasteiger partial charge in [-0.25, -0.2) is 0 Å². The first-order valence-corrected chi connectivity index (χ1v) is 10.0. The molecule has 1 saturated heterocycles. The van der Waals surface area contributed by atoms with Gasteiger partial charge in [0.15, 0.2) is 0 Å². The molecule has 28 heavy (non-hydrogen) atoms. The number of carbonyl (C=O) groups excluding carboxylic acids is 1. The zero-order chi connectivity index (χ0) is 19.3. The van der Waals surface area contributed by atoms with Gasteiger partial charge in [-0.05, 0) is 30.7 Å². The van der Waals surface area contributed by atoms with Crippen molar-refractivity contribution < 1.29 is 9.69 Å². The van der Waals surface area contributed by atoms with Crippen molar-refractivity contribution in [3.8, 4) is 0 Å². The number of quaternary nitrogens is 1. The Morgan fingerprint density at radius 1 is 0.857 bits per heavy atom. The van der Waals surface area contributed by atoms with Crippen molar-refractivity contribution in [3.05, 3.63) is 101 Å². The number of benzene rings is 3. The lowest BCUT2D eigenvalue weighted by molar-refractivity contribution is -0.926. The Balaban J connectivity index is 1.53. The normalized spacial score (nSPS) is 15.0. The van der Waals surface area contributed by atoms with Crippen LogP contribution in [0.3, 0.4) is 0 Å². The Hall–Kier alpha value is -2.91. The second-order valence-corrected chi connectivity index (χ2v) is 7.56. The lowest BCUT2D eigenvalue weighted by Gasteiger charge is -2.38.